The molecule has 0 saturated carbocycles. The second-order valence-electron chi connectivity index (χ2n) is 24.0. The minimum atomic E-state index is -4.94. The summed E-state index contributed by atoms with van der Waals surface area (Å²) in [7, 11) is -9.88. The first-order valence-corrected chi connectivity index (χ1v) is 37.1. The fraction of sp³-hybridized carbons (Fsp3) is 0.938. The minimum absolute atomic E-state index is 0.105. The number of esters is 4. The molecule has 0 aliphatic heterocycles. The Balaban J connectivity index is 5.12. The Labute approximate surface area is 511 Å². The van der Waals surface area contributed by atoms with Gasteiger partial charge in [-0.15, -0.1) is 0 Å². The van der Waals surface area contributed by atoms with Gasteiger partial charge in [0.25, 0.3) is 0 Å². The highest BCUT2D eigenvalue weighted by Gasteiger charge is 2.30. The fourth-order valence-electron chi connectivity index (χ4n) is 9.76. The molecule has 0 aliphatic rings. The van der Waals surface area contributed by atoms with Gasteiger partial charge in [0.05, 0.1) is 26.4 Å². The van der Waals surface area contributed by atoms with E-state index in [0.717, 1.165) is 109 Å². The van der Waals surface area contributed by atoms with Crippen LogP contribution in [0, 0.1) is 5.92 Å². The average Bonchev–Trinajstić information content (AvgIpc) is 3.57. The molecule has 2 unspecified atom stereocenters. The van der Waals surface area contributed by atoms with Crippen molar-refractivity contribution >= 4 is 39.5 Å². The molecule has 0 aliphatic carbocycles. The number of phosphoric ester groups is 2. The second-order valence-corrected chi connectivity index (χ2v) is 26.9. The first kappa shape index (κ1) is 82.1. The van der Waals surface area contributed by atoms with Crippen LogP contribution in [0.25, 0.3) is 0 Å². The Morgan fingerprint density at radius 1 is 0.321 bits per heavy atom. The lowest BCUT2D eigenvalue weighted by atomic mass is 10.0. The summed E-state index contributed by atoms with van der Waals surface area (Å²) in [5.41, 5.74) is 0. The maximum absolute atomic E-state index is 13.0. The first-order valence-electron chi connectivity index (χ1n) is 34.1. The van der Waals surface area contributed by atoms with Crippen LogP contribution < -0.4 is 0 Å². The van der Waals surface area contributed by atoms with Crippen LogP contribution in [-0.4, -0.2) is 96.7 Å². The number of unbranched alkanes of at least 4 members (excludes halogenated alkanes) is 37. The Morgan fingerprint density at radius 3 is 0.810 bits per heavy atom. The summed E-state index contributed by atoms with van der Waals surface area (Å²) in [5.74, 6) is -1.46. The van der Waals surface area contributed by atoms with Gasteiger partial charge in [-0.25, -0.2) is 9.13 Å². The lowest BCUT2D eigenvalue weighted by Gasteiger charge is -2.21. The number of hydrogen-bond acceptors (Lipinski definition) is 15. The SMILES string of the molecule is CCCCCCCCCCCCCCCCCCCCCC(=O)O[C@H](COC(=O)CCCCCCCCC(C)C)COP(=O)(O)OC[C@@H](O)COP(=O)(O)OC[C@@H](COC(=O)CCCCCCCCCC)OC(=O)CCCCCCCCCC. The van der Waals surface area contributed by atoms with Gasteiger partial charge in [-0.05, 0) is 31.6 Å². The number of carbonyl (C=O) groups excluding carboxylic acids is 4. The molecular weight excluding hydrogens is 1110 g/mol. The maximum Gasteiger partial charge on any atom is 0.472 e. The van der Waals surface area contributed by atoms with Gasteiger partial charge in [-0.3, -0.25) is 37.3 Å². The smallest absolute Gasteiger partial charge is 0.462 e. The van der Waals surface area contributed by atoms with Crippen LogP contribution in [-0.2, 0) is 65.4 Å². The van der Waals surface area contributed by atoms with E-state index in [0.29, 0.717) is 31.6 Å². The molecule has 498 valence electrons. The quantitative estimate of drug-likeness (QED) is 0.0222. The van der Waals surface area contributed by atoms with E-state index in [9.17, 15) is 43.2 Å². The molecule has 0 spiro atoms. The summed E-state index contributed by atoms with van der Waals surface area (Å²) in [4.78, 5) is 72.0. The number of hydrogen-bond donors (Lipinski definition) is 3. The average molecular weight is 1240 g/mol. The first-order chi connectivity index (χ1) is 40.5. The Kier molecular flexibility index (Phi) is 57.4. The van der Waals surface area contributed by atoms with Gasteiger partial charge in [0.1, 0.15) is 19.3 Å². The van der Waals surface area contributed by atoms with Crippen molar-refractivity contribution in [1.29, 1.82) is 0 Å². The van der Waals surface area contributed by atoms with Crippen molar-refractivity contribution in [2.75, 3.05) is 39.6 Å². The summed E-state index contributed by atoms with van der Waals surface area (Å²) in [6.07, 6.45) is 43.5. The lowest BCUT2D eigenvalue weighted by Crippen LogP contribution is -2.30. The van der Waals surface area contributed by atoms with E-state index < -0.39 is 97.5 Å². The molecule has 5 atom stereocenters. The highest BCUT2D eigenvalue weighted by Crippen LogP contribution is 2.45. The predicted molar refractivity (Wildman–Crippen MR) is 335 cm³/mol. The molecule has 0 rings (SSSR count). The predicted octanol–water partition coefficient (Wildman–Crippen LogP) is 18.2. The fourth-order valence-corrected chi connectivity index (χ4v) is 11.3. The maximum atomic E-state index is 13.0. The van der Waals surface area contributed by atoms with Crippen molar-refractivity contribution in [3.63, 3.8) is 0 Å². The summed E-state index contributed by atoms with van der Waals surface area (Å²) < 4.78 is 67.9. The van der Waals surface area contributed by atoms with Crippen molar-refractivity contribution in [1.82, 2.24) is 0 Å². The van der Waals surface area contributed by atoms with Gasteiger partial charge in [0, 0.05) is 25.7 Å². The van der Waals surface area contributed by atoms with Crippen LogP contribution >= 0.6 is 15.6 Å². The molecule has 17 nitrogen and oxygen atoms in total. The summed E-state index contributed by atoms with van der Waals surface area (Å²) in [5, 5.41) is 10.5. The van der Waals surface area contributed by atoms with Gasteiger partial charge in [0.15, 0.2) is 12.2 Å². The zero-order valence-electron chi connectivity index (χ0n) is 54.0. The van der Waals surface area contributed by atoms with Crippen molar-refractivity contribution in [3.05, 3.63) is 0 Å². The zero-order chi connectivity index (χ0) is 62.0. The lowest BCUT2D eigenvalue weighted by molar-refractivity contribution is -0.161. The molecule has 0 radical (unpaired) electrons. The van der Waals surface area contributed by atoms with Gasteiger partial charge < -0.3 is 33.8 Å². The number of aliphatic hydroxyl groups excluding tert-OH is 1. The van der Waals surface area contributed by atoms with E-state index in [-0.39, 0.29) is 25.7 Å². The molecule has 0 aromatic heterocycles. The second kappa shape index (κ2) is 58.7. The monoisotopic (exact) mass is 1240 g/mol. The third kappa shape index (κ3) is 59.0. The van der Waals surface area contributed by atoms with E-state index in [1.54, 1.807) is 0 Å². The molecule has 19 heteroatoms. The van der Waals surface area contributed by atoms with Crippen molar-refractivity contribution < 1.29 is 80.2 Å². The molecule has 0 fully saturated rings. The van der Waals surface area contributed by atoms with Crippen molar-refractivity contribution in [2.24, 2.45) is 5.92 Å². The molecular formula is C65H126O17P2. The molecule has 0 saturated heterocycles. The van der Waals surface area contributed by atoms with Gasteiger partial charge in [-0.1, -0.05) is 279 Å². The van der Waals surface area contributed by atoms with Crippen LogP contribution in [0.5, 0.6) is 0 Å². The van der Waals surface area contributed by atoms with Gasteiger partial charge >= 0.3 is 39.5 Å². The van der Waals surface area contributed by atoms with Crippen LogP contribution in [0.4, 0.5) is 0 Å². The van der Waals surface area contributed by atoms with E-state index in [2.05, 4.69) is 34.6 Å². The summed E-state index contributed by atoms with van der Waals surface area (Å²) >= 11 is 0. The zero-order valence-corrected chi connectivity index (χ0v) is 55.8. The van der Waals surface area contributed by atoms with E-state index in [1.807, 2.05) is 0 Å². The number of rotatable bonds is 65. The summed E-state index contributed by atoms with van der Waals surface area (Å²) in [6.45, 7) is 7.07. The Bertz CT molecular complexity index is 1640. The van der Waals surface area contributed by atoms with Crippen LogP contribution in [0.15, 0.2) is 0 Å². The summed E-state index contributed by atoms with van der Waals surface area (Å²) in [6, 6.07) is 0. The van der Waals surface area contributed by atoms with E-state index >= 15 is 0 Å². The number of aliphatic hydroxyl groups is 1. The normalized spacial score (nSPS) is 14.2. The number of phosphoric acid groups is 2. The van der Waals surface area contributed by atoms with Gasteiger partial charge in [-0.2, -0.15) is 0 Å². The molecule has 3 N–H and O–H groups in total. The highest BCUT2D eigenvalue weighted by atomic mass is 31.2. The van der Waals surface area contributed by atoms with Crippen molar-refractivity contribution in [2.45, 2.75) is 348 Å². The third-order valence-corrected chi connectivity index (χ3v) is 16.9. The third-order valence-electron chi connectivity index (χ3n) is 15.0. The van der Waals surface area contributed by atoms with Crippen LogP contribution in [0.3, 0.4) is 0 Å². The van der Waals surface area contributed by atoms with Crippen LogP contribution in [0.1, 0.15) is 330 Å². The minimum Gasteiger partial charge on any atom is -0.462 e. The molecule has 0 bridgehead atoms. The van der Waals surface area contributed by atoms with Crippen LogP contribution in [0.2, 0.25) is 0 Å². The standard InChI is InChI=1S/C65H126O17P2/c1-6-9-12-15-18-21-22-23-24-25-26-27-28-29-30-31-34-41-46-51-65(70)82-61(55-76-63(68)49-44-39-36-35-37-42-47-58(4)5)57-80-84(73,74)78-53-59(66)52-77-83(71,72)79-56-60(81-64(69)50-45-40-33-20-17-14-11-8-3)54-75-62(67)48-43-38-32-19-16-13-10-7-2/h58-61,66H,6-57H2,1-5H3,(H,71,72)(H,73,74)/t59-,60+,61+/m0/s1. The van der Waals surface area contributed by atoms with Crippen molar-refractivity contribution in [3.8, 4) is 0 Å². The molecule has 0 heterocycles. The highest BCUT2D eigenvalue weighted by molar-refractivity contribution is 7.47. The van der Waals surface area contributed by atoms with E-state index in [1.165, 1.54) is 135 Å². The molecule has 0 aromatic rings. The molecule has 0 amide bonds. The molecule has 0 aromatic carbocycles. The topological polar surface area (TPSA) is 237 Å². The van der Waals surface area contributed by atoms with Gasteiger partial charge in [0.2, 0.25) is 0 Å². The Morgan fingerprint density at radius 2 is 0.548 bits per heavy atom. The molecule has 84 heavy (non-hydrogen) atoms. The number of carbonyl (C=O) groups is 4. The largest absolute Gasteiger partial charge is 0.472 e. The Hall–Kier alpha value is -1.94. The number of ether oxygens (including phenoxy) is 4. The van der Waals surface area contributed by atoms with E-state index in [4.69, 9.17) is 37.0 Å².